The number of rotatable bonds is 6. The van der Waals surface area contributed by atoms with E-state index in [1.54, 1.807) is 37.3 Å². The summed E-state index contributed by atoms with van der Waals surface area (Å²) < 4.78 is 0. The Labute approximate surface area is 173 Å². The smallest absolute Gasteiger partial charge is 0.249 e. The van der Waals surface area contributed by atoms with Gasteiger partial charge in [0.15, 0.2) is 11.6 Å². The van der Waals surface area contributed by atoms with Crippen molar-refractivity contribution in [2.24, 2.45) is 0 Å². The van der Waals surface area contributed by atoms with Crippen molar-refractivity contribution in [1.29, 1.82) is 0 Å². The summed E-state index contributed by atoms with van der Waals surface area (Å²) in [4.78, 5) is 43.3. The highest BCUT2D eigenvalue weighted by Gasteiger charge is 2.30. The number of ketones is 2. The van der Waals surface area contributed by atoms with Crippen molar-refractivity contribution >= 4 is 17.5 Å². The zero-order valence-corrected chi connectivity index (χ0v) is 17.7. The minimum Gasteiger partial charge on any atom is -0.336 e. The second-order valence-corrected chi connectivity index (χ2v) is 7.74. The fourth-order valence-electron chi connectivity index (χ4n) is 3.95. The number of nitrogens with zero attached hydrogens (tertiary/aromatic N) is 2. The Bertz CT molecular complexity index is 874. The minimum absolute atomic E-state index is 0.00592. The first-order valence-corrected chi connectivity index (χ1v) is 10.6. The second-order valence-electron chi connectivity index (χ2n) is 7.74. The van der Waals surface area contributed by atoms with Crippen LogP contribution in [0.5, 0.6) is 0 Å². The zero-order valence-electron chi connectivity index (χ0n) is 17.7. The molecule has 2 aliphatic rings. The second kappa shape index (κ2) is 9.31. The molecule has 29 heavy (non-hydrogen) atoms. The molecule has 1 aromatic rings. The lowest BCUT2D eigenvalue weighted by Crippen LogP contribution is -2.48. The van der Waals surface area contributed by atoms with Gasteiger partial charge in [0.2, 0.25) is 5.91 Å². The van der Waals surface area contributed by atoms with Crippen LogP contribution in [0.15, 0.2) is 47.1 Å². The summed E-state index contributed by atoms with van der Waals surface area (Å²) in [6.45, 7) is 10.0. The van der Waals surface area contributed by atoms with E-state index < -0.39 is 0 Å². The van der Waals surface area contributed by atoms with Crippen LogP contribution in [0.25, 0.3) is 0 Å². The van der Waals surface area contributed by atoms with E-state index in [0.29, 0.717) is 47.4 Å². The van der Waals surface area contributed by atoms with Crippen LogP contribution >= 0.6 is 0 Å². The summed E-state index contributed by atoms with van der Waals surface area (Å²) in [6, 6.07) is 6.91. The molecule has 1 aliphatic heterocycles. The van der Waals surface area contributed by atoms with Crippen molar-refractivity contribution in [2.45, 2.75) is 40.0 Å². The number of unbranched alkanes of at least 4 members (excludes halogenated alkanes) is 1. The van der Waals surface area contributed by atoms with Gasteiger partial charge in [0.05, 0.1) is 0 Å². The number of Topliss-reactive ketones (excluding diaryl/α,β-unsaturated/α-hetero) is 2. The Hall–Kier alpha value is -2.53. The molecule has 0 saturated carbocycles. The van der Waals surface area contributed by atoms with Crippen molar-refractivity contribution in [3.63, 3.8) is 0 Å². The Morgan fingerprint density at radius 2 is 1.62 bits per heavy atom. The normalized spacial score (nSPS) is 18.3. The van der Waals surface area contributed by atoms with Gasteiger partial charge in [-0.3, -0.25) is 14.4 Å². The van der Waals surface area contributed by atoms with Crippen LogP contribution < -0.4 is 0 Å². The molecule has 154 valence electrons. The SMILES string of the molecule is CCCCC(=CC1=C(C)C(=O)c2ccccc2C1=O)C(=O)N1CCN(CC)CC1. The molecular weight excluding hydrogens is 364 g/mol. The van der Waals surface area contributed by atoms with Crippen LogP contribution in [0.2, 0.25) is 0 Å². The molecule has 1 heterocycles. The van der Waals surface area contributed by atoms with E-state index in [0.717, 1.165) is 32.5 Å². The number of carbonyl (C=O) groups is 3. The number of carbonyl (C=O) groups excluding carboxylic acids is 3. The average Bonchev–Trinajstić information content (AvgIpc) is 2.76. The van der Waals surface area contributed by atoms with Gasteiger partial charge in [-0.05, 0) is 32.4 Å². The summed E-state index contributed by atoms with van der Waals surface area (Å²) in [5, 5.41) is 0. The predicted molar refractivity (Wildman–Crippen MR) is 114 cm³/mol. The third kappa shape index (κ3) is 4.40. The largest absolute Gasteiger partial charge is 0.336 e. The lowest BCUT2D eigenvalue weighted by Gasteiger charge is -2.34. The number of amides is 1. The van der Waals surface area contributed by atoms with Crippen LogP contribution in [0, 0.1) is 0 Å². The maximum atomic E-state index is 13.2. The van der Waals surface area contributed by atoms with Gasteiger partial charge in [0, 0.05) is 54.0 Å². The number of hydrogen-bond donors (Lipinski definition) is 0. The summed E-state index contributed by atoms with van der Waals surface area (Å²) >= 11 is 0. The Balaban J connectivity index is 1.92. The number of piperazine rings is 1. The molecule has 0 bridgehead atoms. The van der Waals surface area contributed by atoms with Gasteiger partial charge in [-0.1, -0.05) is 44.5 Å². The van der Waals surface area contributed by atoms with Gasteiger partial charge in [-0.15, -0.1) is 0 Å². The fraction of sp³-hybridized carbons (Fsp3) is 0.458. The van der Waals surface area contributed by atoms with Crippen LogP contribution in [-0.2, 0) is 4.79 Å². The summed E-state index contributed by atoms with van der Waals surface area (Å²) in [5.41, 5.74) is 2.29. The molecule has 1 saturated heterocycles. The van der Waals surface area contributed by atoms with E-state index in [9.17, 15) is 14.4 Å². The molecular formula is C24H30N2O3. The number of fused-ring (bicyclic) bond motifs is 1. The third-order valence-electron chi connectivity index (χ3n) is 5.91. The first-order chi connectivity index (χ1) is 14.0. The highest BCUT2D eigenvalue weighted by molar-refractivity contribution is 6.28. The minimum atomic E-state index is -0.171. The molecule has 0 N–H and O–H groups in total. The molecule has 0 unspecified atom stereocenters. The number of benzene rings is 1. The standard InChI is InChI=1S/C24H30N2O3/c1-4-6-9-18(24(29)26-14-12-25(5-2)13-15-26)16-21-17(3)22(27)19-10-7-8-11-20(19)23(21)28/h7-8,10-11,16H,4-6,9,12-15H2,1-3H3. The summed E-state index contributed by atoms with van der Waals surface area (Å²) in [7, 11) is 0. The van der Waals surface area contributed by atoms with Crippen molar-refractivity contribution in [3.8, 4) is 0 Å². The molecule has 5 nitrogen and oxygen atoms in total. The predicted octanol–water partition coefficient (Wildman–Crippen LogP) is 3.66. The van der Waals surface area contributed by atoms with E-state index in [4.69, 9.17) is 0 Å². The molecule has 0 atom stereocenters. The lowest BCUT2D eigenvalue weighted by atomic mass is 9.83. The van der Waals surface area contributed by atoms with E-state index in [1.807, 2.05) is 4.90 Å². The first-order valence-electron chi connectivity index (χ1n) is 10.6. The van der Waals surface area contributed by atoms with E-state index in [2.05, 4.69) is 18.7 Å². The molecule has 1 fully saturated rings. The van der Waals surface area contributed by atoms with Crippen LogP contribution in [0.3, 0.4) is 0 Å². The van der Waals surface area contributed by atoms with Crippen LogP contribution in [0.4, 0.5) is 0 Å². The highest BCUT2D eigenvalue weighted by atomic mass is 16.2. The van der Waals surface area contributed by atoms with Crippen molar-refractivity contribution in [3.05, 3.63) is 58.2 Å². The Morgan fingerprint density at radius 1 is 1.00 bits per heavy atom. The van der Waals surface area contributed by atoms with Crippen molar-refractivity contribution < 1.29 is 14.4 Å². The fourth-order valence-corrected chi connectivity index (χ4v) is 3.95. The van der Waals surface area contributed by atoms with Gasteiger partial charge in [0.25, 0.3) is 0 Å². The van der Waals surface area contributed by atoms with E-state index in [1.165, 1.54) is 0 Å². The molecule has 3 rings (SSSR count). The van der Waals surface area contributed by atoms with E-state index >= 15 is 0 Å². The summed E-state index contributed by atoms with van der Waals surface area (Å²) in [6.07, 6.45) is 4.14. The quantitative estimate of drug-likeness (QED) is 0.691. The first kappa shape index (κ1) is 21.2. The third-order valence-corrected chi connectivity index (χ3v) is 5.91. The van der Waals surface area contributed by atoms with Crippen LogP contribution in [0.1, 0.15) is 60.7 Å². The molecule has 5 heteroatoms. The van der Waals surface area contributed by atoms with Gasteiger partial charge in [0.1, 0.15) is 0 Å². The zero-order chi connectivity index (χ0) is 21.0. The van der Waals surface area contributed by atoms with Gasteiger partial charge in [-0.2, -0.15) is 0 Å². The Kier molecular flexibility index (Phi) is 6.80. The Morgan fingerprint density at radius 3 is 2.21 bits per heavy atom. The number of likely N-dealkylation sites (N-methyl/N-ethyl adjacent to an activating group) is 1. The van der Waals surface area contributed by atoms with Crippen LogP contribution in [-0.4, -0.2) is 60.0 Å². The topological polar surface area (TPSA) is 57.7 Å². The maximum absolute atomic E-state index is 13.2. The van der Waals surface area contributed by atoms with E-state index in [-0.39, 0.29) is 17.5 Å². The number of hydrogen-bond acceptors (Lipinski definition) is 4. The van der Waals surface area contributed by atoms with Gasteiger partial charge >= 0.3 is 0 Å². The molecule has 0 spiro atoms. The highest BCUT2D eigenvalue weighted by Crippen LogP contribution is 2.28. The molecule has 0 aromatic heterocycles. The molecule has 1 aromatic carbocycles. The monoisotopic (exact) mass is 394 g/mol. The van der Waals surface area contributed by atoms with Crippen molar-refractivity contribution in [1.82, 2.24) is 9.80 Å². The molecule has 1 amide bonds. The molecule has 0 radical (unpaired) electrons. The summed E-state index contributed by atoms with van der Waals surface area (Å²) in [5.74, 6) is -0.311. The van der Waals surface area contributed by atoms with Gasteiger partial charge in [-0.25, -0.2) is 0 Å². The molecule has 1 aliphatic carbocycles. The average molecular weight is 395 g/mol. The maximum Gasteiger partial charge on any atom is 0.249 e. The van der Waals surface area contributed by atoms with Gasteiger partial charge < -0.3 is 9.80 Å². The lowest BCUT2D eigenvalue weighted by molar-refractivity contribution is -0.129. The number of allylic oxidation sites excluding steroid dienone is 3. The van der Waals surface area contributed by atoms with Crippen molar-refractivity contribution in [2.75, 3.05) is 32.7 Å².